The Morgan fingerprint density at radius 1 is 0.958 bits per heavy atom. The van der Waals surface area contributed by atoms with Crippen molar-refractivity contribution in [3.8, 4) is 0 Å². The summed E-state index contributed by atoms with van der Waals surface area (Å²) < 4.78 is 0. The predicted octanol–water partition coefficient (Wildman–Crippen LogP) is 3.62. The molecule has 4 rings (SSSR count). The second kappa shape index (κ2) is 6.63. The Morgan fingerprint density at radius 2 is 1.67 bits per heavy atom. The summed E-state index contributed by atoms with van der Waals surface area (Å²) in [4.78, 5) is 12.8. The molecule has 0 radical (unpaired) electrons. The standard InChI is InChI=1S/C20H18N2O.ClH/c21-18-12-14-7-2-4-10-16(14)19(18)22-20(23)17-11-5-8-13-6-1-3-9-15(13)17;/h1-11,18-19H,12,21H2,(H,22,23);1H/t18-,19-;/m1./s1. The molecular weight excluding hydrogens is 320 g/mol. The first-order valence-electron chi connectivity index (χ1n) is 7.86. The van der Waals surface area contributed by atoms with Crippen LogP contribution < -0.4 is 11.1 Å². The molecule has 0 unspecified atom stereocenters. The highest BCUT2D eigenvalue weighted by Gasteiger charge is 2.31. The molecule has 0 aromatic heterocycles. The molecule has 122 valence electrons. The first-order chi connectivity index (χ1) is 11.2. The van der Waals surface area contributed by atoms with Gasteiger partial charge in [-0.2, -0.15) is 0 Å². The summed E-state index contributed by atoms with van der Waals surface area (Å²) in [7, 11) is 0. The van der Waals surface area contributed by atoms with Crippen molar-refractivity contribution in [2.45, 2.75) is 18.5 Å². The molecule has 4 heteroatoms. The van der Waals surface area contributed by atoms with E-state index >= 15 is 0 Å². The van der Waals surface area contributed by atoms with Crippen LogP contribution in [-0.4, -0.2) is 11.9 Å². The summed E-state index contributed by atoms with van der Waals surface area (Å²) in [6, 6.07) is 21.7. The quantitative estimate of drug-likeness (QED) is 0.750. The van der Waals surface area contributed by atoms with E-state index in [0.29, 0.717) is 5.56 Å². The number of hydrogen-bond acceptors (Lipinski definition) is 2. The summed E-state index contributed by atoms with van der Waals surface area (Å²) in [5.74, 6) is -0.0704. The molecule has 1 aliphatic rings. The molecule has 2 atom stereocenters. The Kier molecular flexibility index (Phi) is 4.56. The van der Waals surface area contributed by atoms with Gasteiger partial charge in [-0.05, 0) is 34.4 Å². The van der Waals surface area contributed by atoms with E-state index in [1.807, 2.05) is 54.6 Å². The number of fused-ring (bicyclic) bond motifs is 2. The van der Waals surface area contributed by atoms with Crippen LogP contribution >= 0.6 is 12.4 Å². The number of amides is 1. The van der Waals surface area contributed by atoms with E-state index in [2.05, 4.69) is 17.4 Å². The van der Waals surface area contributed by atoms with Crippen LogP contribution in [0.5, 0.6) is 0 Å². The maximum absolute atomic E-state index is 12.8. The van der Waals surface area contributed by atoms with E-state index in [-0.39, 0.29) is 30.4 Å². The molecule has 24 heavy (non-hydrogen) atoms. The van der Waals surface area contributed by atoms with Crippen LogP contribution in [0.4, 0.5) is 0 Å². The van der Waals surface area contributed by atoms with E-state index in [9.17, 15) is 4.79 Å². The molecule has 0 aliphatic heterocycles. The molecule has 0 saturated carbocycles. The van der Waals surface area contributed by atoms with Gasteiger partial charge in [-0.25, -0.2) is 0 Å². The van der Waals surface area contributed by atoms with Gasteiger partial charge in [0.1, 0.15) is 0 Å². The fourth-order valence-corrected chi connectivity index (χ4v) is 3.45. The number of carbonyl (C=O) groups is 1. The van der Waals surface area contributed by atoms with Gasteiger partial charge in [0, 0.05) is 11.6 Å². The minimum atomic E-state index is -0.127. The molecule has 0 spiro atoms. The topological polar surface area (TPSA) is 55.1 Å². The van der Waals surface area contributed by atoms with Crippen molar-refractivity contribution in [2.75, 3.05) is 0 Å². The van der Waals surface area contributed by atoms with Gasteiger partial charge in [0.05, 0.1) is 6.04 Å². The third-order valence-corrected chi connectivity index (χ3v) is 4.59. The fourth-order valence-electron chi connectivity index (χ4n) is 3.45. The molecule has 3 aromatic rings. The van der Waals surface area contributed by atoms with Crippen molar-refractivity contribution in [1.82, 2.24) is 5.32 Å². The van der Waals surface area contributed by atoms with E-state index in [1.165, 1.54) is 5.56 Å². The molecular formula is C20H19ClN2O. The number of halogens is 1. The second-order valence-corrected chi connectivity index (χ2v) is 6.04. The fraction of sp³-hybridized carbons (Fsp3) is 0.150. The molecule has 1 amide bonds. The number of carbonyl (C=O) groups excluding carboxylic acids is 1. The van der Waals surface area contributed by atoms with E-state index < -0.39 is 0 Å². The molecule has 0 bridgehead atoms. The lowest BCUT2D eigenvalue weighted by Crippen LogP contribution is -2.38. The van der Waals surface area contributed by atoms with Gasteiger partial charge in [-0.1, -0.05) is 60.7 Å². The molecule has 3 aromatic carbocycles. The largest absolute Gasteiger partial charge is 0.344 e. The van der Waals surface area contributed by atoms with Gasteiger partial charge in [-0.15, -0.1) is 12.4 Å². The van der Waals surface area contributed by atoms with Crippen molar-refractivity contribution in [3.05, 3.63) is 83.4 Å². The lowest BCUT2D eigenvalue weighted by molar-refractivity contribution is 0.0934. The smallest absolute Gasteiger partial charge is 0.252 e. The van der Waals surface area contributed by atoms with Crippen molar-refractivity contribution in [1.29, 1.82) is 0 Å². The maximum atomic E-state index is 12.8. The lowest BCUT2D eigenvalue weighted by Gasteiger charge is -2.19. The average molecular weight is 339 g/mol. The number of nitrogens with two attached hydrogens (primary N) is 1. The van der Waals surface area contributed by atoms with E-state index in [4.69, 9.17) is 5.73 Å². The summed E-state index contributed by atoms with van der Waals surface area (Å²) in [6.07, 6.45) is 0.802. The van der Waals surface area contributed by atoms with Crippen molar-refractivity contribution in [2.24, 2.45) is 5.73 Å². The molecule has 3 nitrogen and oxygen atoms in total. The Labute approximate surface area is 147 Å². The number of rotatable bonds is 2. The normalized spacial score (nSPS) is 18.7. The Hall–Kier alpha value is -2.36. The summed E-state index contributed by atoms with van der Waals surface area (Å²) in [5, 5.41) is 5.16. The van der Waals surface area contributed by atoms with Gasteiger partial charge in [0.25, 0.3) is 5.91 Å². The second-order valence-electron chi connectivity index (χ2n) is 6.04. The minimum absolute atomic E-state index is 0. The molecule has 0 heterocycles. The summed E-state index contributed by atoms with van der Waals surface area (Å²) in [6.45, 7) is 0. The van der Waals surface area contributed by atoms with Gasteiger partial charge in [-0.3, -0.25) is 4.79 Å². The lowest BCUT2D eigenvalue weighted by atomic mass is 10.0. The van der Waals surface area contributed by atoms with Crippen LogP contribution in [0.25, 0.3) is 10.8 Å². The first-order valence-corrected chi connectivity index (χ1v) is 7.86. The zero-order chi connectivity index (χ0) is 15.8. The van der Waals surface area contributed by atoms with E-state index in [0.717, 1.165) is 22.8 Å². The monoisotopic (exact) mass is 338 g/mol. The predicted molar refractivity (Wildman–Crippen MR) is 99.5 cm³/mol. The summed E-state index contributed by atoms with van der Waals surface area (Å²) >= 11 is 0. The Bertz CT molecular complexity index is 888. The van der Waals surface area contributed by atoms with Crippen LogP contribution in [0.3, 0.4) is 0 Å². The highest BCUT2D eigenvalue weighted by atomic mass is 35.5. The van der Waals surface area contributed by atoms with Crippen LogP contribution in [0.1, 0.15) is 27.5 Å². The third-order valence-electron chi connectivity index (χ3n) is 4.59. The molecule has 0 fully saturated rings. The number of nitrogens with one attached hydrogen (secondary N) is 1. The summed E-state index contributed by atoms with van der Waals surface area (Å²) in [5.41, 5.74) is 9.31. The average Bonchev–Trinajstić information content (AvgIpc) is 2.90. The Balaban J connectivity index is 0.00000169. The van der Waals surface area contributed by atoms with Crippen molar-refractivity contribution in [3.63, 3.8) is 0 Å². The number of hydrogen-bond donors (Lipinski definition) is 2. The van der Waals surface area contributed by atoms with Crippen molar-refractivity contribution < 1.29 is 4.79 Å². The molecule has 0 saturated heterocycles. The third kappa shape index (κ3) is 2.77. The van der Waals surface area contributed by atoms with E-state index in [1.54, 1.807) is 0 Å². The van der Waals surface area contributed by atoms with Gasteiger partial charge < -0.3 is 11.1 Å². The highest BCUT2D eigenvalue weighted by molar-refractivity contribution is 6.07. The number of benzene rings is 3. The van der Waals surface area contributed by atoms with Gasteiger partial charge in [0.15, 0.2) is 0 Å². The Morgan fingerprint density at radius 3 is 2.54 bits per heavy atom. The van der Waals surface area contributed by atoms with Crippen LogP contribution in [0.15, 0.2) is 66.7 Å². The van der Waals surface area contributed by atoms with Gasteiger partial charge in [0.2, 0.25) is 0 Å². The van der Waals surface area contributed by atoms with Crippen LogP contribution in [0.2, 0.25) is 0 Å². The highest BCUT2D eigenvalue weighted by Crippen LogP contribution is 2.30. The maximum Gasteiger partial charge on any atom is 0.252 e. The molecule has 1 aliphatic carbocycles. The van der Waals surface area contributed by atoms with Crippen LogP contribution in [0, 0.1) is 0 Å². The minimum Gasteiger partial charge on any atom is -0.344 e. The SMILES string of the molecule is Cl.N[C@@H]1Cc2ccccc2[C@H]1NC(=O)c1cccc2ccccc12. The first kappa shape index (κ1) is 16.5. The molecule has 3 N–H and O–H groups in total. The zero-order valence-corrected chi connectivity index (χ0v) is 13.9. The van der Waals surface area contributed by atoms with Crippen molar-refractivity contribution >= 4 is 29.1 Å². The van der Waals surface area contributed by atoms with Crippen LogP contribution in [-0.2, 0) is 6.42 Å². The van der Waals surface area contributed by atoms with Gasteiger partial charge >= 0.3 is 0 Å². The zero-order valence-electron chi connectivity index (χ0n) is 13.1.